The molecule has 0 aliphatic carbocycles. The fourth-order valence-corrected chi connectivity index (χ4v) is 2.14. The first-order valence-corrected chi connectivity index (χ1v) is 7.12. The molecule has 21 heavy (non-hydrogen) atoms. The summed E-state index contributed by atoms with van der Waals surface area (Å²) in [4.78, 5) is 8.59. The third-order valence-corrected chi connectivity index (χ3v) is 3.54. The zero-order valence-corrected chi connectivity index (χ0v) is 12.5. The number of aromatic nitrogens is 2. The Hall–Kier alpha value is -2.27. The van der Waals surface area contributed by atoms with Gasteiger partial charge in [-0.25, -0.2) is 14.4 Å². The Morgan fingerprint density at radius 2 is 1.81 bits per heavy atom. The molecule has 2 aromatic carbocycles. The summed E-state index contributed by atoms with van der Waals surface area (Å²) in [6.07, 6.45) is 1.67. The van der Waals surface area contributed by atoms with Crippen LogP contribution in [0.15, 0.2) is 65.3 Å². The number of rotatable bonds is 3. The van der Waals surface area contributed by atoms with Crippen molar-refractivity contribution >= 4 is 27.6 Å². The second-order valence-corrected chi connectivity index (χ2v) is 5.24. The lowest BCUT2D eigenvalue weighted by molar-refractivity contribution is 0.622. The minimum absolute atomic E-state index is 0.334. The molecule has 0 spiro atoms. The summed E-state index contributed by atoms with van der Waals surface area (Å²) in [7, 11) is 0. The Balaban J connectivity index is 1.88. The van der Waals surface area contributed by atoms with E-state index < -0.39 is 0 Å². The summed E-state index contributed by atoms with van der Waals surface area (Å²) in [5, 5.41) is 3.00. The van der Waals surface area contributed by atoms with E-state index in [0.29, 0.717) is 16.1 Å². The molecule has 0 saturated heterocycles. The first-order valence-electron chi connectivity index (χ1n) is 6.33. The first kappa shape index (κ1) is 13.7. The Morgan fingerprint density at radius 3 is 2.57 bits per heavy atom. The Morgan fingerprint density at radius 1 is 1.00 bits per heavy atom. The molecule has 0 amide bonds. The fraction of sp³-hybridized carbons (Fsp3) is 0. The van der Waals surface area contributed by atoms with Crippen LogP contribution in [-0.2, 0) is 0 Å². The third-order valence-electron chi connectivity index (χ3n) is 2.90. The SMILES string of the molecule is Fc1cc(Nc2nccc(-c3ccccc3)n2)ccc1Br. The van der Waals surface area contributed by atoms with Crippen molar-refractivity contribution in [3.63, 3.8) is 0 Å². The lowest BCUT2D eigenvalue weighted by Crippen LogP contribution is -1.98. The highest BCUT2D eigenvalue weighted by Gasteiger charge is 2.04. The summed E-state index contributed by atoms with van der Waals surface area (Å²) < 4.78 is 13.9. The maximum atomic E-state index is 13.5. The van der Waals surface area contributed by atoms with Crippen LogP contribution >= 0.6 is 15.9 Å². The molecule has 1 heterocycles. The minimum atomic E-state index is -0.334. The molecule has 3 rings (SSSR count). The van der Waals surface area contributed by atoms with Crippen LogP contribution < -0.4 is 5.32 Å². The number of hydrogen-bond acceptors (Lipinski definition) is 3. The highest BCUT2D eigenvalue weighted by atomic mass is 79.9. The van der Waals surface area contributed by atoms with Gasteiger partial charge in [-0.05, 0) is 40.2 Å². The van der Waals surface area contributed by atoms with Crippen molar-refractivity contribution in [2.24, 2.45) is 0 Å². The fourth-order valence-electron chi connectivity index (χ4n) is 1.89. The molecule has 3 nitrogen and oxygen atoms in total. The molecule has 0 radical (unpaired) electrons. The summed E-state index contributed by atoms with van der Waals surface area (Å²) in [6, 6.07) is 16.4. The number of benzene rings is 2. The second-order valence-electron chi connectivity index (χ2n) is 4.39. The maximum absolute atomic E-state index is 13.5. The van der Waals surface area contributed by atoms with Gasteiger partial charge in [0.25, 0.3) is 0 Å². The quantitative estimate of drug-likeness (QED) is 0.742. The van der Waals surface area contributed by atoms with Crippen LogP contribution in [0.3, 0.4) is 0 Å². The number of nitrogens with one attached hydrogen (secondary N) is 1. The molecule has 3 aromatic rings. The van der Waals surface area contributed by atoms with Gasteiger partial charge in [-0.2, -0.15) is 0 Å². The molecule has 1 aromatic heterocycles. The number of anilines is 2. The molecule has 104 valence electrons. The van der Waals surface area contributed by atoms with Gasteiger partial charge < -0.3 is 5.32 Å². The summed E-state index contributed by atoms with van der Waals surface area (Å²) >= 11 is 3.12. The molecule has 0 fully saturated rings. The zero-order chi connectivity index (χ0) is 14.7. The van der Waals surface area contributed by atoms with Crippen LogP contribution in [0.25, 0.3) is 11.3 Å². The minimum Gasteiger partial charge on any atom is -0.324 e. The predicted molar refractivity (Wildman–Crippen MR) is 84.9 cm³/mol. The van der Waals surface area contributed by atoms with Crippen molar-refractivity contribution in [1.82, 2.24) is 9.97 Å². The van der Waals surface area contributed by atoms with Crippen molar-refractivity contribution in [3.8, 4) is 11.3 Å². The van der Waals surface area contributed by atoms with Gasteiger partial charge in [0.1, 0.15) is 5.82 Å². The lowest BCUT2D eigenvalue weighted by Gasteiger charge is -2.07. The largest absolute Gasteiger partial charge is 0.324 e. The van der Waals surface area contributed by atoms with Gasteiger partial charge in [-0.1, -0.05) is 30.3 Å². The summed E-state index contributed by atoms with van der Waals surface area (Å²) in [5.41, 5.74) is 2.41. The van der Waals surface area contributed by atoms with Crippen LogP contribution in [0, 0.1) is 5.82 Å². The molecule has 0 saturated carbocycles. The molecule has 0 bridgehead atoms. The maximum Gasteiger partial charge on any atom is 0.227 e. The van der Waals surface area contributed by atoms with Crippen molar-refractivity contribution < 1.29 is 4.39 Å². The van der Waals surface area contributed by atoms with Gasteiger partial charge >= 0.3 is 0 Å². The van der Waals surface area contributed by atoms with Crippen LogP contribution in [0.2, 0.25) is 0 Å². The zero-order valence-electron chi connectivity index (χ0n) is 10.9. The van der Waals surface area contributed by atoms with Gasteiger partial charge in [0, 0.05) is 17.4 Å². The smallest absolute Gasteiger partial charge is 0.227 e. The molecule has 0 atom stereocenters. The highest BCUT2D eigenvalue weighted by molar-refractivity contribution is 9.10. The van der Waals surface area contributed by atoms with Crippen LogP contribution in [0.5, 0.6) is 0 Å². The summed E-state index contributed by atoms with van der Waals surface area (Å²) in [5.74, 6) is 0.0947. The average molecular weight is 344 g/mol. The molecule has 0 aliphatic rings. The van der Waals surface area contributed by atoms with Crippen LogP contribution in [-0.4, -0.2) is 9.97 Å². The molecule has 5 heteroatoms. The monoisotopic (exact) mass is 343 g/mol. The molecular weight excluding hydrogens is 333 g/mol. The molecule has 0 unspecified atom stereocenters. The van der Waals surface area contributed by atoms with E-state index in [0.717, 1.165) is 11.3 Å². The lowest BCUT2D eigenvalue weighted by atomic mass is 10.1. The number of halogens is 2. The predicted octanol–water partition coefficient (Wildman–Crippen LogP) is 4.79. The van der Waals surface area contributed by atoms with Gasteiger partial charge in [-0.15, -0.1) is 0 Å². The second kappa shape index (κ2) is 6.01. The first-order chi connectivity index (χ1) is 10.2. The Kier molecular flexibility index (Phi) is 3.92. The topological polar surface area (TPSA) is 37.8 Å². The Labute approximate surface area is 130 Å². The molecule has 0 aliphatic heterocycles. The number of hydrogen-bond donors (Lipinski definition) is 1. The number of nitrogens with zero attached hydrogens (tertiary/aromatic N) is 2. The van der Waals surface area contributed by atoms with Crippen molar-refractivity contribution in [2.75, 3.05) is 5.32 Å². The molecule has 1 N–H and O–H groups in total. The van der Waals surface area contributed by atoms with E-state index in [1.165, 1.54) is 6.07 Å². The molecular formula is C16H11BrFN3. The van der Waals surface area contributed by atoms with Gasteiger partial charge in [0.05, 0.1) is 10.2 Å². The third kappa shape index (κ3) is 3.25. The van der Waals surface area contributed by atoms with E-state index in [4.69, 9.17) is 0 Å². The van der Waals surface area contributed by atoms with Crippen LogP contribution in [0.4, 0.5) is 16.0 Å². The van der Waals surface area contributed by atoms with E-state index in [9.17, 15) is 4.39 Å². The standard InChI is InChI=1S/C16H11BrFN3/c17-13-7-6-12(10-14(13)18)20-16-19-9-8-15(21-16)11-4-2-1-3-5-11/h1-10H,(H,19,20,21). The highest BCUT2D eigenvalue weighted by Crippen LogP contribution is 2.22. The van der Waals surface area contributed by atoms with Gasteiger partial charge in [0.15, 0.2) is 0 Å². The van der Waals surface area contributed by atoms with Gasteiger partial charge in [-0.3, -0.25) is 0 Å². The van der Waals surface area contributed by atoms with Gasteiger partial charge in [0.2, 0.25) is 5.95 Å². The van der Waals surface area contributed by atoms with E-state index in [2.05, 4.69) is 31.2 Å². The van der Waals surface area contributed by atoms with E-state index in [1.54, 1.807) is 18.3 Å². The van der Waals surface area contributed by atoms with Crippen molar-refractivity contribution in [3.05, 3.63) is 71.1 Å². The van der Waals surface area contributed by atoms with E-state index >= 15 is 0 Å². The van der Waals surface area contributed by atoms with E-state index in [-0.39, 0.29) is 5.82 Å². The summed E-state index contributed by atoms with van der Waals surface area (Å²) in [6.45, 7) is 0. The van der Waals surface area contributed by atoms with Crippen LogP contribution in [0.1, 0.15) is 0 Å². The van der Waals surface area contributed by atoms with Crippen molar-refractivity contribution in [2.45, 2.75) is 0 Å². The van der Waals surface area contributed by atoms with E-state index in [1.807, 2.05) is 36.4 Å². The average Bonchev–Trinajstić information content (AvgIpc) is 2.52. The normalized spacial score (nSPS) is 10.4. The van der Waals surface area contributed by atoms with Crippen molar-refractivity contribution in [1.29, 1.82) is 0 Å². The Bertz CT molecular complexity index is 762.